The summed E-state index contributed by atoms with van der Waals surface area (Å²) in [5, 5.41) is 3.55. The first kappa shape index (κ1) is 23.8. The van der Waals surface area contributed by atoms with Gasteiger partial charge < -0.3 is 19.7 Å². The zero-order chi connectivity index (χ0) is 22.3. The lowest BCUT2D eigenvalue weighted by Crippen LogP contribution is -2.46. The number of ether oxygens (including phenoxy) is 2. The molecule has 2 amide bonds. The largest absolute Gasteiger partial charge is 0.493 e. The number of methoxy groups -OCH3 is 2. The fourth-order valence-corrected chi connectivity index (χ4v) is 3.52. The first-order valence-corrected chi connectivity index (χ1v) is 10.2. The van der Waals surface area contributed by atoms with Crippen molar-refractivity contribution in [3.8, 4) is 11.5 Å². The fourth-order valence-electron chi connectivity index (χ4n) is 3.06. The molecule has 0 saturated heterocycles. The van der Waals surface area contributed by atoms with E-state index < -0.39 is 6.04 Å². The molecule has 2 rings (SSSR count). The lowest BCUT2D eigenvalue weighted by molar-refractivity contribution is -0.140. The van der Waals surface area contributed by atoms with Crippen molar-refractivity contribution in [1.82, 2.24) is 10.2 Å². The molecule has 0 fully saturated rings. The first-order chi connectivity index (χ1) is 14.3. The molecule has 1 unspecified atom stereocenters. The summed E-state index contributed by atoms with van der Waals surface area (Å²) in [6, 6.07) is 9.97. The van der Waals surface area contributed by atoms with E-state index in [0.717, 1.165) is 11.1 Å². The average Bonchev–Trinajstić information content (AvgIpc) is 2.75. The summed E-state index contributed by atoms with van der Waals surface area (Å²) >= 11 is 12.2. The summed E-state index contributed by atoms with van der Waals surface area (Å²) < 4.78 is 10.6. The Hall–Kier alpha value is -2.44. The number of rotatable bonds is 9. The molecule has 0 aliphatic heterocycles. The van der Waals surface area contributed by atoms with Gasteiger partial charge in [-0.2, -0.15) is 0 Å². The predicted molar refractivity (Wildman–Crippen MR) is 118 cm³/mol. The second kappa shape index (κ2) is 11.1. The van der Waals surface area contributed by atoms with Crippen LogP contribution in [-0.4, -0.2) is 44.0 Å². The fraction of sp³-hybridized carbons (Fsp3) is 0.364. The van der Waals surface area contributed by atoms with Crippen LogP contribution < -0.4 is 14.8 Å². The smallest absolute Gasteiger partial charge is 0.242 e. The monoisotopic (exact) mass is 452 g/mol. The second-order valence-electron chi connectivity index (χ2n) is 6.74. The molecule has 30 heavy (non-hydrogen) atoms. The molecular formula is C22H26Cl2N2O4. The molecule has 6 nitrogen and oxygen atoms in total. The quantitative estimate of drug-likeness (QED) is 0.621. The lowest BCUT2D eigenvalue weighted by atomic mass is 10.1. The SMILES string of the molecule is CNC(=O)C(C)N(Cc1ccc(Cl)cc1Cl)C(=O)CCc1ccc(OC)c(OC)c1. The second-order valence-corrected chi connectivity index (χ2v) is 7.58. The van der Waals surface area contributed by atoms with E-state index in [9.17, 15) is 9.59 Å². The number of carbonyl (C=O) groups excluding carboxylic acids is 2. The zero-order valence-electron chi connectivity index (χ0n) is 17.5. The van der Waals surface area contributed by atoms with Gasteiger partial charge in [-0.15, -0.1) is 0 Å². The van der Waals surface area contributed by atoms with Crippen LogP contribution in [-0.2, 0) is 22.6 Å². The van der Waals surface area contributed by atoms with Crippen LogP contribution in [0, 0.1) is 0 Å². The highest BCUT2D eigenvalue weighted by Gasteiger charge is 2.26. The standard InChI is InChI=1S/C22H26Cl2N2O4/c1-14(22(28)25-2)26(13-16-7-8-17(23)12-18(16)24)21(27)10-6-15-5-9-19(29-3)20(11-15)30-4/h5,7-9,11-12,14H,6,10,13H2,1-4H3,(H,25,28). The van der Waals surface area contributed by atoms with E-state index in [1.165, 1.54) is 4.90 Å². The van der Waals surface area contributed by atoms with E-state index in [-0.39, 0.29) is 24.8 Å². The van der Waals surface area contributed by atoms with Gasteiger partial charge in [0.05, 0.1) is 14.2 Å². The van der Waals surface area contributed by atoms with Crippen molar-refractivity contribution in [3.05, 3.63) is 57.6 Å². The Morgan fingerprint density at radius 3 is 2.37 bits per heavy atom. The minimum Gasteiger partial charge on any atom is -0.493 e. The number of hydrogen-bond donors (Lipinski definition) is 1. The molecule has 2 aromatic rings. The van der Waals surface area contributed by atoms with Crippen molar-refractivity contribution in [2.45, 2.75) is 32.4 Å². The summed E-state index contributed by atoms with van der Waals surface area (Å²) in [6.45, 7) is 1.90. The lowest BCUT2D eigenvalue weighted by Gasteiger charge is -2.29. The molecule has 0 saturated carbocycles. The first-order valence-electron chi connectivity index (χ1n) is 9.46. The van der Waals surface area contributed by atoms with Crippen LogP contribution in [0.5, 0.6) is 11.5 Å². The van der Waals surface area contributed by atoms with Crippen LogP contribution in [0.15, 0.2) is 36.4 Å². The van der Waals surface area contributed by atoms with Crippen LogP contribution in [0.25, 0.3) is 0 Å². The van der Waals surface area contributed by atoms with Gasteiger partial charge in [0.2, 0.25) is 11.8 Å². The third kappa shape index (κ3) is 6.03. The number of nitrogens with one attached hydrogen (secondary N) is 1. The summed E-state index contributed by atoms with van der Waals surface area (Å²) in [5.74, 6) is 0.817. The van der Waals surface area contributed by atoms with Crippen molar-refractivity contribution < 1.29 is 19.1 Å². The Bertz CT molecular complexity index is 905. The Kier molecular flexibility index (Phi) is 8.81. The van der Waals surface area contributed by atoms with E-state index in [4.69, 9.17) is 32.7 Å². The third-order valence-corrected chi connectivity index (χ3v) is 5.43. The van der Waals surface area contributed by atoms with E-state index in [1.54, 1.807) is 52.5 Å². The highest BCUT2D eigenvalue weighted by molar-refractivity contribution is 6.35. The topological polar surface area (TPSA) is 67.9 Å². The molecule has 0 aliphatic carbocycles. The van der Waals surface area contributed by atoms with E-state index in [2.05, 4.69) is 5.32 Å². The molecule has 0 heterocycles. The van der Waals surface area contributed by atoms with Gasteiger partial charge in [-0.3, -0.25) is 9.59 Å². The molecule has 1 N–H and O–H groups in total. The normalized spacial score (nSPS) is 11.5. The van der Waals surface area contributed by atoms with E-state index in [0.29, 0.717) is 28.0 Å². The highest BCUT2D eigenvalue weighted by atomic mass is 35.5. The average molecular weight is 453 g/mol. The number of aryl methyl sites for hydroxylation is 1. The maximum Gasteiger partial charge on any atom is 0.242 e. The maximum absolute atomic E-state index is 13.1. The van der Waals surface area contributed by atoms with Crippen LogP contribution >= 0.6 is 23.2 Å². The molecule has 2 aromatic carbocycles. The van der Waals surface area contributed by atoms with Gasteiger partial charge in [0.15, 0.2) is 11.5 Å². The van der Waals surface area contributed by atoms with Gasteiger partial charge >= 0.3 is 0 Å². The van der Waals surface area contributed by atoms with Crippen LogP contribution in [0.1, 0.15) is 24.5 Å². The molecule has 0 aliphatic rings. The molecule has 0 radical (unpaired) electrons. The number of carbonyl (C=O) groups is 2. The minimum absolute atomic E-state index is 0.160. The number of hydrogen-bond acceptors (Lipinski definition) is 4. The van der Waals surface area contributed by atoms with Crippen molar-refractivity contribution in [2.75, 3.05) is 21.3 Å². The third-order valence-electron chi connectivity index (χ3n) is 4.84. The van der Waals surface area contributed by atoms with Gasteiger partial charge in [-0.25, -0.2) is 0 Å². The Labute approximate surface area is 187 Å². The van der Waals surface area contributed by atoms with Crippen molar-refractivity contribution in [2.24, 2.45) is 0 Å². The number of halogens is 2. The molecule has 0 aromatic heterocycles. The molecular weight excluding hydrogens is 427 g/mol. The Morgan fingerprint density at radius 1 is 1.07 bits per heavy atom. The van der Waals surface area contributed by atoms with Gasteiger partial charge in [0.1, 0.15) is 6.04 Å². The number of benzene rings is 2. The van der Waals surface area contributed by atoms with Crippen molar-refractivity contribution >= 4 is 35.0 Å². The molecule has 0 spiro atoms. The summed E-state index contributed by atoms with van der Waals surface area (Å²) in [6.07, 6.45) is 0.715. The van der Waals surface area contributed by atoms with Gasteiger partial charge in [-0.1, -0.05) is 35.3 Å². The zero-order valence-corrected chi connectivity index (χ0v) is 19.0. The van der Waals surface area contributed by atoms with Gasteiger partial charge in [0, 0.05) is 30.1 Å². The van der Waals surface area contributed by atoms with Gasteiger partial charge in [-0.05, 0) is 48.7 Å². The predicted octanol–water partition coefficient (Wildman–Crippen LogP) is 4.11. The van der Waals surface area contributed by atoms with E-state index in [1.807, 2.05) is 12.1 Å². The summed E-state index contributed by atoms with van der Waals surface area (Å²) in [7, 11) is 4.68. The van der Waals surface area contributed by atoms with Crippen LogP contribution in [0.3, 0.4) is 0 Å². The van der Waals surface area contributed by atoms with E-state index >= 15 is 0 Å². The summed E-state index contributed by atoms with van der Waals surface area (Å²) in [4.78, 5) is 26.8. The minimum atomic E-state index is -0.653. The number of nitrogens with zero attached hydrogens (tertiary/aromatic N) is 1. The maximum atomic E-state index is 13.1. The van der Waals surface area contributed by atoms with Crippen molar-refractivity contribution in [3.63, 3.8) is 0 Å². The Balaban J connectivity index is 2.19. The van der Waals surface area contributed by atoms with Gasteiger partial charge in [0.25, 0.3) is 0 Å². The molecule has 8 heteroatoms. The number of likely N-dealkylation sites (N-methyl/N-ethyl adjacent to an activating group) is 1. The molecule has 1 atom stereocenters. The van der Waals surface area contributed by atoms with Crippen LogP contribution in [0.2, 0.25) is 10.0 Å². The number of amides is 2. The Morgan fingerprint density at radius 2 is 1.77 bits per heavy atom. The molecule has 0 bridgehead atoms. The summed E-state index contributed by atoms with van der Waals surface area (Å²) in [5.41, 5.74) is 1.65. The highest BCUT2D eigenvalue weighted by Crippen LogP contribution is 2.28. The van der Waals surface area contributed by atoms with Crippen molar-refractivity contribution in [1.29, 1.82) is 0 Å². The van der Waals surface area contributed by atoms with Crippen LogP contribution in [0.4, 0.5) is 0 Å². The molecule has 162 valence electrons.